The number of benzene rings is 2. The van der Waals surface area contributed by atoms with Gasteiger partial charge in [-0.25, -0.2) is 18.1 Å². The highest BCUT2D eigenvalue weighted by Gasteiger charge is 2.23. The first-order valence-electron chi connectivity index (χ1n) is 10.5. The molecule has 2 aromatic heterocycles. The minimum atomic E-state index is -3.54. The number of aromatic amines is 2. The average molecular weight is 452 g/mol. The fraction of sp³-hybridized carbons (Fsp3) is 0.273. The van der Waals surface area contributed by atoms with Crippen molar-refractivity contribution in [2.45, 2.75) is 23.8 Å². The Morgan fingerprint density at radius 2 is 1.81 bits per heavy atom. The van der Waals surface area contributed by atoms with E-state index in [1.807, 2.05) is 30.3 Å². The van der Waals surface area contributed by atoms with Crippen LogP contribution in [0, 0.1) is 0 Å². The molecule has 0 unspecified atom stereocenters. The second kappa shape index (κ2) is 8.38. The van der Waals surface area contributed by atoms with Crippen LogP contribution in [0.3, 0.4) is 0 Å². The van der Waals surface area contributed by atoms with E-state index in [0.29, 0.717) is 17.3 Å². The van der Waals surface area contributed by atoms with Crippen LogP contribution >= 0.6 is 0 Å². The summed E-state index contributed by atoms with van der Waals surface area (Å²) in [6.07, 6.45) is 1.64. The molecule has 1 fully saturated rings. The number of aromatic nitrogens is 4. The Balaban J connectivity index is 1.26. The fourth-order valence-electron chi connectivity index (χ4n) is 3.87. The first-order valence-corrected chi connectivity index (χ1v) is 12.0. The molecule has 9 nitrogen and oxygen atoms in total. The number of rotatable bonds is 6. The van der Waals surface area contributed by atoms with Gasteiger partial charge in [0.15, 0.2) is 5.82 Å². The number of H-pyrrole nitrogens is 2. The third-order valence-electron chi connectivity index (χ3n) is 5.69. The molecule has 0 saturated carbocycles. The number of anilines is 2. The summed E-state index contributed by atoms with van der Waals surface area (Å²) in [5.41, 5.74) is 3.27. The molecule has 1 aliphatic heterocycles. The van der Waals surface area contributed by atoms with Gasteiger partial charge in [0.1, 0.15) is 11.5 Å². The number of likely N-dealkylation sites (tertiary alicyclic amines) is 1. The summed E-state index contributed by atoms with van der Waals surface area (Å²) in [5, 5.41) is 10.5. The number of nitrogens with one attached hydrogen (secondary N) is 4. The predicted molar refractivity (Wildman–Crippen MR) is 124 cm³/mol. The van der Waals surface area contributed by atoms with E-state index in [9.17, 15) is 8.42 Å². The van der Waals surface area contributed by atoms with Crippen molar-refractivity contribution in [1.82, 2.24) is 29.8 Å². The molecule has 2 aromatic carbocycles. The van der Waals surface area contributed by atoms with Gasteiger partial charge in [-0.2, -0.15) is 5.10 Å². The Morgan fingerprint density at radius 1 is 1.06 bits per heavy atom. The molecule has 5 rings (SSSR count). The van der Waals surface area contributed by atoms with Crippen molar-refractivity contribution in [3.8, 4) is 11.5 Å². The molecule has 0 bridgehead atoms. The van der Waals surface area contributed by atoms with Gasteiger partial charge in [0.2, 0.25) is 10.0 Å². The Bertz CT molecular complexity index is 1290. The van der Waals surface area contributed by atoms with Crippen molar-refractivity contribution >= 4 is 32.6 Å². The Hall–Kier alpha value is -3.21. The standard InChI is InChI=1S/C22H25N7O2S/c1-29-12-10-16(11-13-29)28-32(30,31)17-8-6-15(7-9-17)23-21-14-20(26-27-21)22-24-18-4-2-3-5-19(18)25-22/h2-9,14,16,28H,10-13H2,1H3,(H,24,25)(H2,23,26,27). The van der Waals surface area contributed by atoms with Gasteiger partial charge in [-0.3, -0.25) is 5.10 Å². The Labute approximate surface area is 186 Å². The lowest BCUT2D eigenvalue weighted by molar-refractivity contribution is 0.248. The molecule has 3 heterocycles. The first-order chi connectivity index (χ1) is 15.5. The molecule has 1 aliphatic rings. The number of fused-ring (bicyclic) bond motifs is 1. The van der Waals surface area contributed by atoms with Crippen LogP contribution in [0.5, 0.6) is 0 Å². The maximum absolute atomic E-state index is 12.7. The first kappa shape index (κ1) is 20.7. The Morgan fingerprint density at radius 3 is 2.56 bits per heavy atom. The van der Waals surface area contributed by atoms with Crippen LogP contribution in [0.1, 0.15) is 12.8 Å². The highest BCUT2D eigenvalue weighted by Crippen LogP contribution is 2.23. The summed E-state index contributed by atoms with van der Waals surface area (Å²) in [6, 6.07) is 16.3. The van der Waals surface area contributed by atoms with E-state index in [1.165, 1.54) is 0 Å². The average Bonchev–Trinajstić information content (AvgIpc) is 3.42. The molecule has 1 saturated heterocycles. The SMILES string of the molecule is CN1CCC(NS(=O)(=O)c2ccc(Nc3cc(-c4nc5ccccc5[nH]4)n[nH]3)cc2)CC1. The van der Waals surface area contributed by atoms with E-state index in [-0.39, 0.29) is 10.9 Å². The van der Waals surface area contributed by atoms with Crippen LogP contribution in [-0.2, 0) is 10.0 Å². The zero-order valence-corrected chi connectivity index (χ0v) is 18.5. The van der Waals surface area contributed by atoms with E-state index in [0.717, 1.165) is 42.7 Å². The smallest absolute Gasteiger partial charge is 0.240 e. The highest BCUT2D eigenvalue weighted by molar-refractivity contribution is 7.89. The zero-order valence-electron chi connectivity index (χ0n) is 17.7. The lowest BCUT2D eigenvalue weighted by atomic mass is 10.1. The molecule has 0 spiro atoms. The van der Waals surface area contributed by atoms with Gasteiger partial charge in [-0.05, 0) is 69.4 Å². The maximum Gasteiger partial charge on any atom is 0.240 e. The molecule has 4 aromatic rings. The van der Waals surface area contributed by atoms with Crippen molar-refractivity contribution in [3.63, 3.8) is 0 Å². The van der Waals surface area contributed by atoms with E-state index in [1.54, 1.807) is 24.3 Å². The topological polar surface area (TPSA) is 119 Å². The Kier molecular flexibility index (Phi) is 5.41. The molecule has 32 heavy (non-hydrogen) atoms. The van der Waals surface area contributed by atoms with Gasteiger partial charge in [0.25, 0.3) is 0 Å². The van der Waals surface area contributed by atoms with Gasteiger partial charge in [-0.15, -0.1) is 0 Å². The van der Waals surface area contributed by atoms with Crippen LogP contribution in [0.2, 0.25) is 0 Å². The number of piperidine rings is 1. The summed E-state index contributed by atoms with van der Waals surface area (Å²) in [5.74, 6) is 1.36. The number of hydrogen-bond acceptors (Lipinski definition) is 6. The molecular formula is C22H25N7O2S. The van der Waals surface area contributed by atoms with E-state index >= 15 is 0 Å². The van der Waals surface area contributed by atoms with Crippen LogP contribution in [0.4, 0.5) is 11.5 Å². The lowest BCUT2D eigenvalue weighted by Gasteiger charge is -2.29. The summed E-state index contributed by atoms with van der Waals surface area (Å²) < 4.78 is 28.3. The molecule has 0 radical (unpaired) electrons. The fourth-order valence-corrected chi connectivity index (χ4v) is 5.17. The van der Waals surface area contributed by atoms with E-state index in [4.69, 9.17) is 0 Å². The molecular weight excluding hydrogens is 426 g/mol. The highest BCUT2D eigenvalue weighted by atomic mass is 32.2. The summed E-state index contributed by atoms with van der Waals surface area (Å²) >= 11 is 0. The molecule has 10 heteroatoms. The minimum absolute atomic E-state index is 0.0179. The second-order valence-corrected chi connectivity index (χ2v) is 9.83. The van der Waals surface area contributed by atoms with Crippen molar-refractivity contribution < 1.29 is 8.42 Å². The summed E-state index contributed by atoms with van der Waals surface area (Å²) in [6.45, 7) is 1.80. The predicted octanol–water partition coefficient (Wildman–Crippen LogP) is 3.07. The molecule has 4 N–H and O–H groups in total. The third kappa shape index (κ3) is 4.38. The summed E-state index contributed by atoms with van der Waals surface area (Å²) in [7, 11) is -1.49. The third-order valence-corrected chi connectivity index (χ3v) is 7.23. The van der Waals surface area contributed by atoms with Gasteiger partial charge >= 0.3 is 0 Å². The maximum atomic E-state index is 12.7. The monoisotopic (exact) mass is 451 g/mol. The normalized spacial score (nSPS) is 15.9. The van der Waals surface area contributed by atoms with E-state index in [2.05, 4.69) is 42.2 Å². The van der Waals surface area contributed by atoms with Gasteiger partial charge < -0.3 is 15.2 Å². The van der Waals surface area contributed by atoms with Gasteiger partial charge in [0.05, 0.1) is 15.9 Å². The van der Waals surface area contributed by atoms with Gasteiger partial charge in [-0.1, -0.05) is 12.1 Å². The number of nitrogens with zero attached hydrogens (tertiary/aromatic N) is 3. The number of hydrogen-bond donors (Lipinski definition) is 4. The zero-order chi connectivity index (χ0) is 22.1. The van der Waals surface area contributed by atoms with Crippen molar-refractivity contribution in [3.05, 3.63) is 54.6 Å². The van der Waals surface area contributed by atoms with E-state index < -0.39 is 10.0 Å². The molecule has 0 amide bonds. The van der Waals surface area contributed by atoms with Crippen LogP contribution in [0.15, 0.2) is 59.5 Å². The van der Waals surface area contributed by atoms with Crippen LogP contribution in [-0.4, -0.2) is 59.7 Å². The van der Waals surface area contributed by atoms with Crippen LogP contribution < -0.4 is 10.0 Å². The quantitative estimate of drug-likeness (QED) is 0.358. The lowest BCUT2D eigenvalue weighted by Crippen LogP contribution is -2.43. The van der Waals surface area contributed by atoms with Crippen LogP contribution in [0.25, 0.3) is 22.6 Å². The molecule has 166 valence electrons. The van der Waals surface area contributed by atoms with Crippen molar-refractivity contribution in [2.75, 3.05) is 25.5 Å². The van der Waals surface area contributed by atoms with Gasteiger partial charge in [0, 0.05) is 17.8 Å². The summed E-state index contributed by atoms with van der Waals surface area (Å²) in [4.78, 5) is 10.3. The van der Waals surface area contributed by atoms with Crippen molar-refractivity contribution in [1.29, 1.82) is 0 Å². The number of imidazole rings is 1. The minimum Gasteiger partial charge on any atom is -0.341 e. The number of sulfonamides is 1. The largest absolute Gasteiger partial charge is 0.341 e. The molecule has 0 atom stereocenters. The molecule has 0 aliphatic carbocycles. The van der Waals surface area contributed by atoms with Crippen molar-refractivity contribution in [2.24, 2.45) is 0 Å². The number of para-hydroxylation sites is 2. The second-order valence-electron chi connectivity index (χ2n) is 8.12.